The van der Waals surface area contributed by atoms with E-state index in [0.717, 1.165) is 24.1 Å². The van der Waals surface area contributed by atoms with Crippen LogP contribution < -0.4 is 4.90 Å². The van der Waals surface area contributed by atoms with Gasteiger partial charge in [0.1, 0.15) is 5.78 Å². The number of carbonyl (C=O) groups is 2. The number of allylic oxidation sites excluding steroid dienone is 1. The molecule has 22 heavy (non-hydrogen) atoms. The summed E-state index contributed by atoms with van der Waals surface area (Å²) in [7, 11) is 0. The molecule has 3 nitrogen and oxygen atoms in total. The number of ketones is 1. The summed E-state index contributed by atoms with van der Waals surface area (Å²) in [4.78, 5) is 25.6. The number of Topliss-reactive ketones (excluding diaryl/α,β-unsaturated/α-hetero) is 1. The van der Waals surface area contributed by atoms with Crippen LogP contribution in [0, 0.1) is 0 Å². The maximum absolute atomic E-state index is 12.6. The highest BCUT2D eigenvalue weighted by Crippen LogP contribution is 2.28. The highest BCUT2D eigenvalue weighted by Gasteiger charge is 2.22. The van der Waals surface area contributed by atoms with Gasteiger partial charge in [-0.15, -0.1) is 0 Å². The SMILES string of the molecule is C=C/C1=C(\C)CCc2ccccc2N(C(=O)CCC(C)=O)C1. The summed E-state index contributed by atoms with van der Waals surface area (Å²) in [5.74, 6) is 0.0426. The minimum atomic E-state index is -0.00306. The fraction of sp³-hybridized carbons (Fsp3) is 0.368. The molecule has 116 valence electrons. The van der Waals surface area contributed by atoms with Crippen LogP contribution in [0.1, 0.15) is 38.7 Å². The topological polar surface area (TPSA) is 37.4 Å². The molecule has 0 bridgehead atoms. The van der Waals surface area contributed by atoms with Crippen molar-refractivity contribution in [3.63, 3.8) is 0 Å². The molecular formula is C19H23NO2. The molecule has 1 aliphatic rings. The van der Waals surface area contributed by atoms with E-state index < -0.39 is 0 Å². The van der Waals surface area contributed by atoms with Crippen LogP contribution in [-0.2, 0) is 16.0 Å². The third-order valence-electron chi connectivity index (χ3n) is 4.17. The Balaban J connectivity index is 2.36. The Hall–Kier alpha value is -2.16. The van der Waals surface area contributed by atoms with E-state index in [0.29, 0.717) is 13.0 Å². The number of rotatable bonds is 4. The number of hydrogen-bond acceptors (Lipinski definition) is 2. The lowest BCUT2D eigenvalue weighted by Gasteiger charge is -2.29. The molecule has 3 heteroatoms. The Kier molecular flexibility index (Phi) is 5.31. The van der Waals surface area contributed by atoms with Gasteiger partial charge in [0.05, 0.1) is 6.54 Å². The summed E-state index contributed by atoms with van der Waals surface area (Å²) in [6.45, 7) is 8.03. The molecular weight excluding hydrogens is 274 g/mol. The zero-order valence-electron chi connectivity index (χ0n) is 13.4. The van der Waals surface area contributed by atoms with Gasteiger partial charge in [0, 0.05) is 18.5 Å². The molecule has 1 aliphatic heterocycles. The smallest absolute Gasteiger partial charge is 0.227 e. The van der Waals surface area contributed by atoms with Crippen molar-refractivity contribution in [3.8, 4) is 0 Å². The van der Waals surface area contributed by atoms with Crippen LogP contribution in [0.25, 0.3) is 0 Å². The van der Waals surface area contributed by atoms with E-state index in [9.17, 15) is 9.59 Å². The van der Waals surface area contributed by atoms with Crippen LogP contribution >= 0.6 is 0 Å². The van der Waals surface area contributed by atoms with Gasteiger partial charge in [-0.25, -0.2) is 0 Å². The molecule has 1 aromatic rings. The number of hydrogen-bond donors (Lipinski definition) is 0. The van der Waals surface area contributed by atoms with Gasteiger partial charge in [-0.05, 0) is 43.9 Å². The molecule has 0 aromatic heterocycles. The monoisotopic (exact) mass is 297 g/mol. The van der Waals surface area contributed by atoms with Crippen molar-refractivity contribution in [2.24, 2.45) is 0 Å². The average molecular weight is 297 g/mol. The first-order chi connectivity index (χ1) is 10.5. The minimum absolute atomic E-state index is 0.00306. The number of amides is 1. The lowest BCUT2D eigenvalue weighted by atomic mass is 9.96. The summed E-state index contributed by atoms with van der Waals surface area (Å²) in [6.07, 6.45) is 4.29. The maximum Gasteiger partial charge on any atom is 0.227 e. The van der Waals surface area contributed by atoms with Crippen LogP contribution in [0.4, 0.5) is 5.69 Å². The lowest BCUT2D eigenvalue weighted by molar-refractivity contribution is -0.122. The first-order valence-corrected chi connectivity index (χ1v) is 7.71. The molecule has 0 atom stereocenters. The molecule has 0 unspecified atom stereocenters. The molecule has 2 rings (SSSR count). The number of nitrogens with zero attached hydrogens (tertiary/aromatic N) is 1. The molecule has 0 radical (unpaired) electrons. The van der Waals surface area contributed by atoms with Crippen molar-refractivity contribution in [2.75, 3.05) is 11.4 Å². The van der Waals surface area contributed by atoms with Gasteiger partial charge in [-0.1, -0.05) is 36.4 Å². The number of benzene rings is 1. The average Bonchev–Trinajstić information content (AvgIpc) is 2.50. The predicted molar refractivity (Wildman–Crippen MR) is 89.9 cm³/mol. The Morgan fingerprint density at radius 1 is 1.23 bits per heavy atom. The molecule has 0 fully saturated rings. The lowest BCUT2D eigenvalue weighted by Crippen LogP contribution is -2.34. The quantitative estimate of drug-likeness (QED) is 0.847. The predicted octanol–water partition coefficient (Wildman–Crippen LogP) is 3.84. The van der Waals surface area contributed by atoms with Crippen molar-refractivity contribution in [2.45, 2.75) is 39.5 Å². The number of anilines is 1. The Labute approximate surface area is 132 Å². The summed E-state index contributed by atoms with van der Waals surface area (Å²) in [5.41, 5.74) is 4.52. The van der Waals surface area contributed by atoms with Crippen molar-refractivity contribution in [1.82, 2.24) is 0 Å². The molecule has 1 heterocycles. The summed E-state index contributed by atoms with van der Waals surface area (Å²) >= 11 is 0. The van der Waals surface area contributed by atoms with Crippen LogP contribution in [0.3, 0.4) is 0 Å². The third kappa shape index (κ3) is 3.73. The number of carbonyl (C=O) groups excluding carboxylic acids is 2. The summed E-state index contributed by atoms with van der Waals surface area (Å²) in [5, 5.41) is 0. The Morgan fingerprint density at radius 3 is 2.64 bits per heavy atom. The molecule has 1 aromatic carbocycles. The molecule has 0 saturated heterocycles. The highest BCUT2D eigenvalue weighted by atomic mass is 16.2. The second-order valence-corrected chi connectivity index (χ2v) is 5.82. The fourth-order valence-corrected chi connectivity index (χ4v) is 2.74. The molecule has 0 spiro atoms. The first-order valence-electron chi connectivity index (χ1n) is 7.71. The molecule has 0 N–H and O–H groups in total. The first kappa shape index (κ1) is 16.2. The van der Waals surface area contributed by atoms with Crippen LogP contribution in [0.2, 0.25) is 0 Å². The molecule has 0 aliphatic carbocycles. The fourth-order valence-electron chi connectivity index (χ4n) is 2.74. The van der Waals surface area contributed by atoms with Crippen molar-refractivity contribution in [3.05, 3.63) is 53.6 Å². The van der Waals surface area contributed by atoms with Gasteiger partial charge in [0.2, 0.25) is 5.91 Å². The number of para-hydroxylation sites is 1. The van der Waals surface area contributed by atoms with Gasteiger partial charge in [0.15, 0.2) is 0 Å². The van der Waals surface area contributed by atoms with Crippen LogP contribution in [0.15, 0.2) is 48.1 Å². The van der Waals surface area contributed by atoms with Gasteiger partial charge in [0.25, 0.3) is 0 Å². The van der Waals surface area contributed by atoms with Crippen molar-refractivity contribution >= 4 is 17.4 Å². The second kappa shape index (κ2) is 7.21. The summed E-state index contributed by atoms with van der Waals surface area (Å²) in [6, 6.07) is 8.02. The van der Waals surface area contributed by atoms with E-state index in [4.69, 9.17) is 0 Å². The van der Waals surface area contributed by atoms with E-state index in [1.54, 1.807) is 4.90 Å². The van der Waals surface area contributed by atoms with Crippen LogP contribution in [0.5, 0.6) is 0 Å². The van der Waals surface area contributed by atoms with E-state index in [-0.39, 0.29) is 18.1 Å². The zero-order valence-corrected chi connectivity index (χ0v) is 13.4. The zero-order chi connectivity index (χ0) is 16.1. The third-order valence-corrected chi connectivity index (χ3v) is 4.17. The van der Waals surface area contributed by atoms with Crippen molar-refractivity contribution < 1.29 is 9.59 Å². The number of fused-ring (bicyclic) bond motifs is 1. The van der Waals surface area contributed by atoms with Gasteiger partial charge in [-0.3, -0.25) is 4.79 Å². The normalized spacial score (nSPS) is 18.2. The maximum atomic E-state index is 12.6. The van der Waals surface area contributed by atoms with E-state index >= 15 is 0 Å². The van der Waals surface area contributed by atoms with E-state index in [2.05, 4.69) is 19.6 Å². The highest BCUT2D eigenvalue weighted by molar-refractivity contribution is 5.96. The van der Waals surface area contributed by atoms with E-state index in [1.807, 2.05) is 24.3 Å². The van der Waals surface area contributed by atoms with Gasteiger partial charge >= 0.3 is 0 Å². The Morgan fingerprint density at radius 2 is 1.95 bits per heavy atom. The molecule has 1 amide bonds. The standard InChI is InChI=1S/C19H23NO2/c1-4-16-13-20(19(22)12-10-15(3)21)18-8-6-5-7-17(18)11-9-14(16)2/h4-8H,1,9-13H2,2-3H3/b16-14-. The van der Waals surface area contributed by atoms with Gasteiger partial charge < -0.3 is 9.69 Å². The molecule has 0 saturated carbocycles. The van der Waals surface area contributed by atoms with Crippen LogP contribution in [-0.4, -0.2) is 18.2 Å². The van der Waals surface area contributed by atoms with Crippen molar-refractivity contribution in [1.29, 1.82) is 0 Å². The number of aryl methyl sites for hydroxylation is 1. The van der Waals surface area contributed by atoms with E-state index in [1.165, 1.54) is 18.1 Å². The largest absolute Gasteiger partial charge is 0.308 e. The second-order valence-electron chi connectivity index (χ2n) is 5.82. The Bertz CT molecular complexity index is 628. The summed E-state index contributed by atoms with van der Waals surface area (Å²) < 4.78 is 0. The minimum Gasteiger partial charge on any atom is -0.308 e. The van der Waals surface area contributed by atoms with Gasteiger partial charge in [-0.2, -0.15) is 0 Å².